The SMILES string of the molecule is Cc1cc(C)c(O)c(C(C)(C)O)c1. The summed E-state index contributed by atoms with van der Waals surface area (Å²) < 4.78 is 0. The third-order valence-corrected chi connectivity index (χ3v) is 2.10. The first kappa shape index (κ1) is 10.1. The van der Waals surface area contributed by atoms with Gasteiger partial charge in [0.1, 0.15) is 5.75 Å². The number of aliphatic hydroxyl groups is 1. The predicted octanol–water partition coefficient (Wildman–Crippen LogP) is 2.24. The minimum absolute atomic E-state index is 0.193. The summed E-state index contributed by atoms with van der Waals surface area (Å²) in [4.78, 5) is 0. The van der Waals surface area contributed by atoms with E-state index in [1.165, 1.54) is 0 Å². The quantitative estimate of drug-likeness (QED) is 0.695. The second kappa shape index (κ2) is 3.04. The molecule has 0 aliphatic rings. The van der Waals surface area contributed by atoms with Crippen LogP contribution in [0.3, 0.4) is 0 Å². The molecule has 0 aliphatic carbocycles. The first-order valence-corrected chi connectivity index (χ1v) is 4.35. The number of rotatable bonds is 1. The molecule has 1 aromatic rings. The number of aromatic hydroxyl groups is 1. The van der Waals surface area contributed by atoms with E-state index in [4.69, 9.17) is 0 Å². The van der Waals surface area contributed by atoms with Gasteiger partial charge in [-0.1, -0.05) is 11.6 Å². The summed E-state index contributed by atoms with van der Waals surface area (Å²) in [7, 11) is 0. The molecule has 0 aliphatic heterocycles. The largest absolute Gasteiger partial charge is 0.507 e. The molecule has 0 fully saturated rings. The standard InChI is InChI=1S/C11H16O2/c1-7-5-8(2)10(12)9(6-7)11(3,4)13/h5-6,12-13H,1-4H3. The van der Waals surface area contributed by atoms with E-state index in [1.54, 1.807) is 13.8 Å². The first-order chi connectivity index (χ1) is 5.82. The van der Waals surface area contributed by atoms with E-state index < -0.39 is 5.60 Å². The fraction of sp³-hybridized carbons (Fsp3) is 0.455. The average Bonchev–Trinajstić information content (AvgIpc) is 1.94. The highest BCUT2D eigenvalue weighted by atomic mass is 16.3. The normalized spacial score (nSPS) is 11.8. The van der Waals surface area contributed by atoms with Gasteiger partial charge >= 0.3 is 0 Å². The maximum absolute atomic E-state index is 9.76. The third-order valence-electron chi connectivity index (χ3n) is 2.10. The van der Waals surface area contributed by atoms with Gasteiger partial charge in [-0.05, 0) is 39.3 Å². The minimum Gasteiger partial charge on any atom is -0.507 e. The van der Waals surface area contributed by atoms with Crippen LogP contribution in [0.5, 0.6) is 5.75 Å². The summed E-state index contributed by atoms with van der Waals surface area (Å²) in [6, 6.07) is 3.70. The fourth-order valence-electron chi connectivity index (χ4n) is 1.43. The van der Waals surface area contributed by atoms with E-state index in [2.05, 4.69) is 0 Å². The summed E-state index contributed by atoms with van der Waals surface area (Å²) in [5.41, 5.74) is 1.45. The molecule has 0 heterocycles. The Kier molecular flexibility index (Phi) is 2.35. The van der Waals surface area contributed by atoms with Gasteiger partial charge in [0.05, 0.1) is 5.60 Å². The van der Waals surface area contributed by atoms with Crippen molar-refractivity contribution in [2.75, 3.05) is 0 Å². The van der Waals surface area contributed by atoms with Crippen molar-refractivity contribution in [2.24, 2.45) is 0 Å². The Morgan fingerprint density at radius 2 is 1.69 bits per heavy atom. The Labute approximate surface area is 78.8 Å². The van der Waals surface area contributed by atoms with Crippen molar-refractivity contribution in [3.8, 4) is 5.75 Å². The molecule has 0 atom stereocenters. The molecular formula is C11H16O2. The van der Waals surface area contributed by atoms with Crippen LogP contribution in [0, 0.1) is 13.8 Å². The lowest BCUT2D eigenvalue weighted by Gasteiger charge is -2.20. The van der Waals surface area contributed by atoms with Crippen molar-refractivity contribution in [3.05, 3.63) is 28.8 Å². The third kappa shape index (κ3) is 2.01. The Balaban J connectivity index is 3.37. The molecule has 0 radical (unpaired) electrons. The van der Waals surface area contributed by atoms with E-state index in [9.17, 15) is 10.2 Å². The zero-order valence-corrected chi connectivity index (χ0v) is 8.55. The molecule has 1 rings (SSSR count). The monoisotopic (exact) mass is 180 g/mol. The lowest BCUT2D eigenvalue weighted by atomic mass is 9.93. The molecule has 0 saturated heterocycles. The van der Waals surface area contributed by atoms with E-state index in [-0.39, 0.29) is 5.75 Å². The zero-order valence-electron chi connectivity index (χ0n) is 8.55. The maximum atomic E-state index is 9.76. The van der Waals surface area contributed by atoms with Crippen LogP contribution < -0.4 is 0 Å². The van der Waals surface area contributed by atoms with Crippen molar-refractivity contribution in [2.45, 2.75) is 33.3 Å². The molecule has 0 spiro atoms. The van der Waals surface area contributed by atoms with Gasteiger partial charge in [0, 0.05) is 5.56 Å². The molecule has 72 valence electrons. The molecule has 1 aromatic carbocycles. The van der Waals surface area contributed by atoms with Gasteiger partial charge in [-0.25, -0.2) is 0 Å². The van der Waals surface area contributed by atoms with Gasteiger partial charge < -0.3 is 10.2 Å². The molecule has 13 heavy (non-hydrogen) atoms. The molecule has 0 bridgehead atoms. The minimum atomic E-state index is -0.985. The number of hydrogen-bond acceptors (Lipinski definition) is 2. The zero-order chi connectivity index (χ0) is 10.2. The first-order valence-electron chi connectivity index (χ1n) is 4.35. The van der Waals surface area contributed by atoms with Crippen LogP contribution >= 0.6 is 0 Å². The second-order valence-electron chi connectivity index (χ2n) is 4.04. The van der Waals surface area contributed by atoms with E-state index >= 15 is 0 Å². The van der Waals surface area contributed by atoms with Crippen LogP contribution in [0.15, 0.2) is 12.1 Å². The second-order valence-corrected chi connectivity index (χ2v) is 4.04. The average molecular weight is 180 g/mol. The summed E-state index contributed by atoms with van der Waals surface area (Å²) in [6.45, 7) is 7.11. The number of aryl methyl sites for hydroxylation is 2. The lowest BCUT2D eigenvalue weighted by molar-refractivity contribution is 0.0756. The smallest absolute Gasteiger partial charge is 0.124 e. The fourth-order valence-corrected chi connectivity index (χ4v) is 1.43. The van der Waals surface area contributed by atoms with Crippen LogP contribution in [0.2, 0.25) is 0 Å². The van der Waals surface area contributed by atoms with Crippen molar-refractivity contribution in [3.63, 3.8) is 0 Å². The van der Waals surface area contributed by atoms with Gasteiger partial charge in [0.15, 0.2) is 0 Å². The van der Waals surface area contributed by atoms with Crippen molar-refractivity contribution >= 4 is 0 Å². The summed E-state index contributed by atoms with van der Waals surface area (Å²) in [6.07, 6.45) is 0. The topological polar surface area (TPSA) is 40.5 Å². The van der Waals surface area contributed by atoms with E-state index in [1.807, 2.05) is 26.0 Å². The molecule has 0 amide bonds. The maximum Gasteiger partial charge on any atom is 0.124 e. The van der Waals surface area contributed by atoms with E-state index in [0.717, 1.165) is 11.1 Å². The molecule has 2 heteroatoms. The van der Waals surface area contributed by atoms with Crippen LogP contribution in [-0.2, 0) is 5.60 Å². The summed E-state index contributed by atoms with van der Waals surface area (Å²) in [5, 5.41) is 19.5. The summed E-state index contributed by atoms with van der Waals surface area (Å²) >= 11 is 0. The Bertz CT molecular complexity index is 322. The summed E-state index contributed by atoms with van der Waals surface area (Å²) in [5.74, 6) is 0.193. The number of benzene rings is 1. The number of phenolic OH excluding ortho intramolecular Hbond substituents is 1. The van der Waals surface area contributed by atoms with Crippen molar-refractivity contribution in [1.82, 2.24) is 0 Å². The predicted molar refractivity (Wildman–Crippen MR) is 52.8 cm³/mol. The van der Waals surface area contributed by atoms with Gasteiger partial charge in [0.25, 0.3) is 0 Å². The number of phenols is 1. The van der Waals surface area contributed by atoms with Crippen LogP contribution in [0.25, 0.3) is 0 Å². The van der Waals surface area contributed by atoms with Gasteiger partial charge in [-0.3, -0.25) is 0 Å². The molecule has 0 aromatic heterocycles. The molecule has 0 saturated carbocycles. The van der Waals surface area contributed by atoms with Crippen LogP contribution in [-0.4, -0.2) is 10.2 Å². The number of hydrogen-bond donors (Lipinski definition) is 2. The van der Waals surface area contributed by atoms with Crippen molar-refractivity contribution in [1.29, 1.82) is 0 Å². The lowest BCUT2D eigenvalue weighted by Crippen LogP contribution is -2.16. The Morgan fingerprint density at radius 1 is 1.15 bits per heavy atom. The Hall–Kier alpha value is -1.02. The highest BCUT2D eigenvalue weighted by Crippen LogP contribution is 2.32. The molecule has 2 N–H and O–H groups in total. The van der Waals surface area contributed by atoms with Crippen molar-refractivity contribution < 1.29 is 10.2 Å². The van der Waals surface area contributed by atoms with Crippen LogP contribution in [0.1, 0.15) is 30.5 Å². The molecule has 0 unspecified atom stereocenters. The Morgan fingerprint density at radius 3 is 2.15 bits per heavy atom. The highest BCUT2D eigenvalue weighted by Gasteiger charge is 2.21. The van der Waals surface area contributed by atoms with Crippen LogP contribution in [0.4, 0.5) is 0 Å². The highest BCUT2D eigenvalue weighted by molar-refractivity contribution is 5.45. The molecule has 2 nitrogen and oxygen atoms in total. The van der Waals surface area contributed by atoms with Gasteiger partial charge in [-0.15, -0.1) is 0 Å². The molecular weight excluding hydrogens is 164 g/mol. The van der Waals surface area contributed by atoms with E-state index in [0.29, 0.717) is 5.56 Å². The van der Waals surface area contributed by atoms with Gasteiger partial charge in [-0.2, -0.15) is 0 Å². The van der Waals surface area contributed by atoms with Gasteiger partial charge in [0.2, 0.25) is 0 Å².